The van der Waals surface area contributed by atoms with Gasteiger partial charge in [0, 0.05) is 12.1 Å². The SMILES string of the molecule is COC(=O)C1CCC(Nc2cccc(OC)n2)CC1. The zero-order chi connectivity index (χ0) is 13.7. The van der Waals surface area contributed by atoms with Crippen molar-refractivity contribution in [3.63, 3.8) is 0 Å². The summed E-state index contributed by atoms with van der Waals surface area (Å²) in [5.41, 5.74) is 0. The zero-order valence-electron chi connectivity index (χ0n) is 11.4. The molecule has 0 spiro atoms. The standard InChI is InChI=1S/C14H20N2O3/c1-18-13-5-3-4-12(16-13)15-11-8-6-10(7-9-11)14(17)19-2/h3-5,10-11H,6-9H2,1-2H3,(H,15,16). The Kier molecular flexibility index (Phi) is 4.60. The van der Waals surface area contributed by atoms with Crippen molar-refractivity contribution in [2.24, 2.45) is 5.92 Å². The third-order valence-electron chi connectivity index (χ3n) is 3.55. The molecule has 1 N–H and O–H groups in total. The molecule has 1 fully saturated rings. The summed E-state index contributed by atoms with van der Waals surface area (Å²) in [6, 6.07) is 6.02. The molecule has 5 nitrogen and oxygen atoms in total. The number of nitrogens with one attached hydrogen (secondary N) is 1. The molecule has 5 heteroatoms. The minimum absolute atomic E-state index is 0.0568. The lowest BCUT2D eigenvalue weighted by Gasteiger charge is -2.27. The normalized spacial score (nSPS) is 22.6. The van der Waals surface area contributed by atoms with Crippen molar-refractivity contribution in [2.45, 2.75) is 31.7 Å². The van der Waals surface area contributed by atoms with Crippen molar-refractivity contribution in [3.8, 4) is 5.88 Å². The number of ether oxygens (including phenoxy) is 2. The van der Waals surface area contributed by atoms with E-state index in [0.29, 0.717) is 11.9 Å². The summed E-state index contributed by atoms with van der Waals surface area (Å²) in [6.45, 7) is 0. The number of hydrogen-bond donors (Lipinski definition) is 1. The van der Waals surface area contributed by atoms with E-state index in [0.717, 1.165) is 31.5 Å². The van der Waals surface area contributed by atoms with Crippen LogP contribution in [-0.4, -0.2) is 31.2 Å². The van der Waals surface area contributed by atoms with Gasteiger partial charge in [0.2, 0.25) is 5.88 Å². The molecular formula is C14H20N2O3. The van der Waals surface area contributed by atoms with Crippen molar-refractivity contribution in [3.05, 3.63) is 18.2 Å². The summed E-state index contributed by atoms with van der Waals surface area (Å²) < 4.78 is 9.88. The Labute approximate surface area is 113 Å². The maximum absolute atomic E-state index is 11.4. The first-order valence-electron chi connectivity index (χ1n) is 6.58. The summed E-state index contributed by atoms with van der Waals surface area (Å²) in [5.74, 6) is 1.40. The number of carbonyl (C=O) groups excluding carboxylic acids is 1. The van der Waals surface area contributed by atoms with Crippen LogP contribution in [-0.2, 0) is 9.53 Å². The van der Waals surface area contributed by atoms with Gasteiger partial charge in [0.1, 0.15) is 5.82 Å². The highest BCUT2D eigenvalue weighted by molar-refractivity contribution is 5.72. The van der Waals surface area contributed by atoms with Crippen molar-refractivity contribution >= 4 is 11.8 Å². The Morgan fingerprint density at radius 3 is 2.63 bits per heavy atom. The smallest absolute Gasteiger partial charge is 0.308 e. The fourth-order valence-electron chi connectivity index (χ4n) is 2.46. The summed E-state index contributed by atoms with van der Waals surface area (Å²) in [7, 11) is 3.06. The van der Waals surface area contributed by atoms with Crippen LogP contribution in [0.4, 0.5) is 5.82 Å². The van der Waals surface area contributed by atoms with Crippen LogP contribution in [0.25, 0.3) is 0 Å². The van der Waals surface area contributed by atoms with Crippen molar-refractivity contribution < 1.29 is 14.3 Å². The maximum Gasteiger partial charge on any atom is 0.308 e. The third-order valence-corrected chi connectivity index (χ3v) is 3.55. The molecule has 0 amide bonds. The first-order chi connectivity index (χ1) is 9.22. The molecule has 2 rings (SSSR count). The van der Waals surface area contributed by atoms with Crippen LogP contribution in [0.1, 0.15) is 25.7 Å². The number of hydrogen-bond acceptors (Lipinski definition) is 5. The Hall–Kier alpha value is -1.78. The van der Waals surface area contributed by atoms with E-state index >= 15 is 0 Å². The van der Waals surface area contributed by atoms with Gasteiger partial charge in [-0.1, -0.05) is 6.07 Å². The molecule has 0 aliphatic heterocycles. The largest absolute Gasteiger partial charge is 0.481 e. The molecule has 104 valence electrons. The molecule has 0 unspecified atom stereocenters. The quantitative estimate of drug-likeness (QED) is 0.845. The number of pyridine rings is 1. The Morgan fingerprint density at radius 1 is 1.26 bits per heavy atom. The third kappa shape index (κ3) is 3.59. The van der Waals surface area contributed by atoms with E-state index in [-0.39, 0.29) is 11.9 Å². The maximum atomic E-state index is 11.4. The van der Waals surface area contributed by atoms with Gasteiger partial charge >= 0.3 is 5.97 Å². The topological polar surface area (TPSA) is 60.5 Å². The predicted molar refractivity (Wildman–Crippen MR) is 72.2 cm³/mol. The van der Waals surface area contributed by atoms with Crippen LogP contribution in [0.15, 0.2) is 18.2 Å². The molecule has 1 aliphatic carbocycles. The number of esters is 1. The minimum atomic E-state index is -0.0852. The molecule has 1 aromatic heterocycles. The van der Waals surface area contributed by atoms with E-state index < -0.39 is 0 Å². The van der Waals surface area contributed by atoms with E-state index in [1.165, 1.54) is 7.11 Å². The Balaban J connectivity index is 1.86. The monoisotopic (exact) mass is 264 g/mol. The second-order valence-corrected chi connectivity index (χ2v) is 4.78. The lowest BCUT2D eigenvalue weighted by molar-refractivity contribution is -0.146. The first-order valence-corrected chi connectivity index (χ1v) is 6.58. The van der Waals surface area contributed by atoms with E-state index in [2.05, 4.69) is 10.3 Å². The van der Waals surface area contributed by atoms with Crippen LogP contribution < -0.4 is 10.1 Å². The highest BCUT2D eigenvalue weighted by atomic mass is 16.5. The van der Waals surface area contributed by atoms with Crippen LogP contribution >= 0.6 is 0 Å². The Bertz CT molecular complexity index is 428. The first kappa shape index (κ1) is 13.6. The number of nitrogens with zero attached hydrogens (tertiary/aromatic N) is 1. The molecule has 0 saturated heterocycles. The molecule has 1 saturated carbocycles. The van der Waals surface area contributed by atoms with Gasteiger partial charge in [-0.2, -0.15) is 4.98 Å². The second kappa shape index (κ2) is 6.41. The zero-order valence-corrected chi connectivity index (χ0v) is 11.4. The molecule has 0 atom stereocenters. The van der Waals surface area contributed by atoms with Crippen LogP contribution in [0.3, 0.4) is 0 Å². The van der Waals surface area contributed by atoms with Crippen LogP contribution in [0.2, 0.25) is 0 Å². The highest BCUT2D eigenvalue weighted by Gasteiger charge is 2.26. The highest BCUT2D eigenvalue weighted by Crippen LogP contribution is 2.27. The van der Waals surface area contributed by atoms with Gasteiger partial charge < -0.3 is 14.8 Å². The fourth-order valence-corrected chi connectivity index (χ4v) is 2.46. The average molecular weight is 264 g/mol. The summed E-state index contributed by atoms with van der Waals surface area (Å²) in [4.78, 5) is 15.8. The van der Waals surface area contributed by atoms with E-state index in [1.54, 1.807) is 7.11 Å². The molecular weight excluding hydrogens is 244 g/mol. The fraction of sp³-hybridized carbons (Fsp3) is 0.571. The molecule has 19 heavy (non-hydrogen) atoms. The number of rotatable bonds is 4. The van der Waals surface area contributed by atoms with Gasteiger partial charge in [-0.3, -0.25) is 4.79 Å². The average Bonchev–Trinajstić information content (AvgIpc) is 2.47. The lowest BCUT2D eigenvalue weighted by atomic mass is 9.86. The van der Waals surface area contributed by atoms with Crippen molar-refractivity contribution in [1.29, 1.82) is 0 Å². The van der Waals surface area contributed by atoms with Gasteiger partial charge in [-0.05, 0) is 31.7 Å². The molecule has 0 aromatic carbocycles. The van der Waals surface area contributed by atoms with Gasteiger partial charge in [-0.15, -0.1) is 0 Å². The van der Waals surface area contributed by atoms with E-state index in [1.807, 2.05) is 18.2 Å². The number of aromatic nitrogens is 1. The van der Waals surface area contributed by atoms with E-state index in [9.17, 15) is 4.79 Å². The van der Waals surface area contributed by atoms with Crippen molar-refractivity contribution in [1.82, 2.24) is 4.98 Å². The van der Waals surface area contributed by atoms with Crippen LogP contribution in [0.5, 0.6) is 5.88 Å². The van der Waals surface area contributed by atoms with Crippen LogP contribution in [0, 0.1) is 5.92 Å². The van der Waals surface area contributed by atoms with Gasteiger partial charge in [0.05, 0.1) is 20.1 Å². The summed E-state index contributed by atoms with van der Waals surface area (Å²) in [6.07, 6.45) is 3.65. The minimum Gasteiger partial charge on any atom is -0.481 e. The van der Waals surface area contributed by atoms with Crippen molar-refractivity contribution in [2.75, 3.05) is 19.5 Å². The summed E-state index contributed by atoms with van der Waals surface area (Å²) >= 11 is 0. The molecule has 1 aliphatic rings. The van der Waals surface area contributed by atoms with Gasteiger partial charge in [0.15, 0.2) is 0 Å². The summed E-state index contributed by atoms with van der Waals surface area (Å²) in [5, 5.41) is 3.39. The van der Waals surface area contributed by atoms with E-state index in [4.69, 9.17) is 9.47 Å². The number of anilines is 1. The molecule has 0 bridgehead atoms. The molecule has 0 radical (unpaired) electrons. The molecule has 1 aromatic rings. The lowest BCUT2D eigenvalue weighted by Crippen LogP contribution is -2.30. The van der Waals surface area contributed by atoms with Gasteiger partial charge in [-0.25, -0.2) is 0 Å². The predicted octanol–water partition coefficient (Wildman–Crippen LogP) is 2.23. The molecule has 1 heterocycles. The number of carbonyl (C=O) groups is 1. The van der Waals surface area contributed by atoms with Gasteiger partial charge in [0.25, 0.3) is 0 Å². The Morgan fingerprint density at radius 2 is 2.00 bits per heavy atom. The number of methoxy groups -OCH3 is 2. The second-order valence-electron chi connectivity index (χ2n) is 4.78.